The molecule has 256 valence electrons. The van der Waals surface area contributed by atoms with Gasteiger partial charge in [0.15, 0.2) is 16.3 Å². The highest BCUT2D eigenvalue weighted by molar-refractivity contribution is 7.07. The Morgan fingerprint density at radius 3 is 2.24 bits per heavy atom. The van der Waals surface area contributed by atoms with Gasteiger partial charge in [0.25, 0.3) is 11.5 Å². The number of amides is 1. The number of hydrogen-bond donors (Lipinski definition) is 1. The normalized spacial score (nSPS) is 14.5. The van der Waals surface area contributed by atoms with Gasteiger partial charge >= 0.3 is 0 Å². The lowest BCUT2D eigenvalue weighted by Gasteiger charge is -2.25. The second-order valence-electron chi connectivity index (χ2n) is 12.9. The maximum Gasteiger partial charge on any atom is 0.271 e. The SMILES string of the molecule is CCOc1cc(/C=c2\sc3n(c2=O)C(c2ccccc2)C(C(=O)Nc2ccccc2)=C(C)N=3)ccc1OCCOc1ccc(C(C)(C)C)cc1. The van der Waals surface area contributed by atoms with Crippen LogP contribution in [0.2, 0.25) is 0 Å². The Kier molecular flexibility index (Phi) is 10.3. The number of benzene rings is 4. The van der Waals surface area contributed by atoms with Gasteiger partial charge in [0.05, 0.1) is 28.5 Å². The van der Waals surface area contributed by atoms with Crippen molar-refractivity contribution in [2.75, 3.05) is 25.1 Å². The molecule has 0 spiro atoms. The maximum atomic E-state index is 14.1. The van der Waals surface area contributed by atoms with Crippen molar-refractivity contribution >= 4 is 29.0 Å². The summed E-state index contributed by atoms with van der Waals surface area (Å²) < 4.78 is 20.0. The third-order valence-electron chi connectivity index (χ3n) is 8.31. The molecule has 1 N–H and O–H groups in total. The summed E-state index contributed by atoms with van der Waals surface area (Å²) in [6.07, 6.45) is 1.82. The lowest BCUT2D eigenvalue weighted by Crippen LogP contribution is -2.40. The van der Waals surface area contributed by atoms with Gasteiger partial charge in [-0.3, -0.25) is 14.2 Å². The average molecular weight is 688 g/mol. The van der Waals surface area contributed by atoms with Crippen LogP contribution in [0.3, 0.4) is 0 Å². The summed E-state index contributed by atoms with van der Waals surface area (Å²) in [4.78, 5) is 33.2. The molecule has 4 aromatic carbocycles. The Balaban J connectivity index is 1.25. The van der Waals surface area contributed by atoms with Crippen LogP contribution in [0, 0.1) is 0 Å². The van der Waals surface area contributed by atoms with E-state index in [1.54, 1.807) is 4.57 Å². The van der Waals surface area contributed by atoms with Crippen LogP contribution in [0.15, 0.2) is 124 Å². The molecule has 8 nitrogen and oxygen atoms in total. The van der Waals surface area contributed by atoms with Crippen LogP contribution in [-0.2, 0) is 10.2 Å². The fraction of sp³-hybridized carbons (Fsp3) is 0.244. The lowest BCUT2D eigenvalue weighted by molar-refractivity contribution is -0.113. The van der Waals surface area contributed by atoms with Crippen molar-refractivity contribution in [3.05, 3.63) is 151 Å². The van der Waals surface area contributed by atoms with Crippen LogP contribution in [-0.4, -0.2) is 30.3 Å². The molecule has 0 saturated carbocycles. The van der Waals surface area contributed by atoms with E-state index in [1.165, 1.54) is 16.9 Å². The Morgan fingerprint density at radius 2 is 1.56 bits per heavy atom. The first kappa shape index (κ1) is 34.5. The Morgan fingerprint density at radius 1 is 0.880 bits per heavy atom. The molecular formula is C41H41N3O5S. The molecule has 5 aromatic rings. The van der Waals surface area contributed by atoms with Gasteiger partial charge in [-0.1, -0.05) is 98.8 Å². The monoisotopic (exact) mass is 687 g/mol. The number of nitrogens with zero attached hydrogens (tertiary/aromatic N) is 2. The largest absolute Gasteiger partial charge is 0.490 e. The molecule has 50 heavy (non-hydrogen) atoms. The summed E-state index contributed by atoms with van der Waals surface area (Å²) in [6, 6.07) is 31.9. The quantitative estimate of drug-likeness (QED) is 0.151. The van der Waals surface area contributed by atoms with Gasteiger partial charge in [0, 0.05) is 5.69 Å². The van der Waals surface area contributed by atoms with Crippen molar-refractivity contribution in [2.24, 2.45) is 4.99 Å². The number of hydrogen-bond acceptors (Lipinski definition) is 7. The molecule has 1 aliphatic heterocycles. The third-order valence-corrected chi connectivity index (χ3v) is 9.29. The molecule has 0 radical (unpaired) electrons. The van der Waals surface area contributed by atoms with E-state index in [9.17, 15) is 9.59 Å². The number of anilines is 1. The first-order chi connectivity index (χ1) is 24.1. The second-order valence-corrected chi connectivity index (χ2v) is 13.9. The topological polar surface area (TPSA) is 91.2 Å². The van der Waals surface area contributed by atoms with E-state index in [1.807, 2.05) is 111 Å². The number of carbonyl (C=O) groups excluding carboxylic acids is 1. The summed E-state index contributed by atoms with van der Waals surface area (Å²) in [5.74, 6) is 1.64. The van der Waals surface area contributed by atoms with Crippen LogP contribution in [0.1, 0.15) is 57.4 Å². The van der Waals surface area contributed by atoms with Gasteiger partial charge in [-0.05, 0) is 78.4 Å². The number of fused-ring (bicyclic) bond motifs is 1. The minimum atomic E-state index is -0.647. The molecule has 1 atom stereocenters. The van der Waals surface area contributed by atoms with Crippen LogP contribution >= 0.6 is 11.3 Å². The summed E-state index contributed by atoms with van der Waals surface area (Å²) in [5.41, 5.74) is 4.34. The number of para-hydroxylation sites is 1. The predicted octanol–water partition coefficient (Wildman–Crippen LogP) is 7.03. The summed E-state index contributed by atoms with van der Waals surface area (Å²) in [6.45, 7) is 11.4. The molecule has 1 amide bonds. The first-order valence-electron chi connectivity index (χ1n) is 16.7. The molecule has 0 saturated heterocycles. The summed E-state index contributed by atoms with van der Waals surface area (Å²) >= 11 is 1.29. The summed E-state index contributed by atoms with van der Waals surface area (Å²) in [5, 5.41) is 2.99. The highest BCUT2D eigenvalue weighted by atomic mass is 32.1. The lowest BCUT2D eigenvalue weighted by atomic mass is 9.87. The Labute approximate surface area is 296 Å². The molecule has 0 aliphatic carbocycles. The van der Waals surface area contributed by atoms with Crippen LogP contribution in [0.5, 0.6) is 17.2 Å². The zero-order valence-corrected chi connectivity index (χ0v) is 29.8. The van der Waals surface area contributed by atoms with E-state index >= 15 is 0 Å². The van der Waals surface area contributed by atoms with E-state index < -0.39 is 6.04 Å². The first-order valence-corrected chi connectivity index (χ1v) is 17.5. The van der Waals surface area contributed by atoms with Crippen molar-refractivity contribution in [2.45, 2.75) is 46.1 Å². The van der Waals surface area contributed by atoms with Crippen molar-refractivity contribution < 1.29 is 19.0 Å². The molecule has 1 aromatic heterocycles. The fourth-order valence-electron chi connectivity index (χ4n) is 5.80. The summed E-state index contributed by atoms with van der Waals surface area (Å²) in [7, 11) is 0. The molecule has 2 heterocycles. The van der Waals surface area contributed by atoms with E-state index in [4.69, 9.17) is 19.2 Å². The van der Waals surface area contributed by atoms with E-state index in [2.05, 4.69) is 38.2 Å². The number of nitrogens with one attached hydrogen (secondary N) is 1. The number of ether oxygens (including phenoxy) is 3. The van der Waals surface area contributed by atoms with Gasteiger partial charge < -0.3 is 19.5 Å². The van der Waals surface area contributed by atoms with Crippen LogP contribution in [0.4, 0.5) is 5.69 Å². The highest BCUT2D eigenvalue weighted by Crippen LogP contribution is 2.32. The van der Waals surface area contributed by atoms with Gasteiger partial charge in [0.1, 0.15) is 19.0 Å². The van der Waals surface area contributed by atoms with E-state index in [0.717, 1.165) is 16.9 Å². The van der Waals surface area contributed by atoms with Crippen molar-refractivity contribution in [1.29, 1.82) is 0 Å². The van der Waals surface area contributed by atoms with E-state index in [0.29, 0.717) is 57.6 Å². The van der Waals surface area contributed by atoms with Gasteiger partial charge in [-0.2, -0.15) is 0 Å². The molecule has 6 rings (SSSR count). The van der Waals surface area contributed by atoms with Crippen LogP contribution < -0.4 is 34.4 Å². The van der Waals surface area contributed by atoms with Crippen LogP contribution in [0.25, 0.3) is 6.08 Å². The number of carbonyl (C=O) groups is 1. The minimum Gasteiger partial charge on any atom is -0.490 e. The molecule has 0 fully saturated rings. The predicted molar refractivity (Wildman–Crippen MR) is 199 cm³/mol. The second kappa shape index (κ2) is 15.0. The highest BCUT2D eigenvalue weighted by Gasteiger charge is 2.32. The smallest absolute Gasteiger partial charge is 0.271 e. The molecule has 9 heteroatoms. The van der Waals surface area contributed by atoms with E-state index in [-0.39, 0.29) is 16.9 Å². The van der Waals surface area contributed by atoms with Gasteiger partial charge in [-0.25, -0.2) is 4.99 Å². The Bertz CT molecular complexity index is 2180. The molecular weight excluding hydrogens is 647 g/mol. The van der Waals surface area contributed by atoms with Gasteiger partial charge in [-0.15, -0.1) is 0 Å². The van der Waals surface area contributed by atoms with Crippen molar-refractivity contribution in [1.82, 2.24) is 4.57 Å². The molecule has 1 aliphatic rings. The van der Waals surface area contributed by atoms with Crippen molar-refractivity contribution in [3.8, 4) is 17.2 Å². The number of allylic oxidation sites excluding steroid dienone is 1. The maximum absolute atomic E-state index is 14.1. The van der Waals surface area contributed by atoms with Crippen molar-refractivity contribution in [3.63, 3.8) is 0 Å². The molecule has 0 bridgehead atoms. The average Bonchev–Trinajstić information content (AvgIpc) is 3.41. The minimum absolute atomic E-state index is 0.0817. The fourth-order valence-corrected chi connectivity index (χ4v) is 6.84. The Hall–Kier alpha value is -5.41. The number of aromatic nitrogens is 1. The zero-order valence-electron chi connectivity index (χ0n) is 28.9. The van der Waals surface area contributed by atoms with Gasteiger partial charge in [0.2, 0.25) is 0 Å². The zero-order chi connectivity index (χ0) is 35.3. The number of thiazole rings is 1. The standard InChI is InChI=1S/C41H41N3O5S/c1-6-47-34-25-28(17-22-33(34)49-24-23-48-32-20-18-30(19-21-32)41(3,4)5)26-35-39(46)44-37(29-13-9-7-10-14-29)36(27(2)42-40(44)50-35)38(45)43-31-15-11-8-12-16-31/h7-22,25-26,37H,6,23-24H2,1-5H3,(H,43,45)/b35-26-. The third kappa shape index (κ3) is 7.74. The number of rotatable bonds is 11. The molecule has 1 unspecified atom stereocenters.